The lowest BCUT2D eigenvalue weighted by Gasteiger charge is -2.04. The van der Waals surface area contributed by atoms with Gasteiger partial charge in [-0.25, -0.2) is 9.97 Å². The summed E-state index contributed by atoms with van der Waals surface area (Å²) in [6, 6.07) is 2.06. The van der Waals surface area contributed by atoms with Gasteiger partial charge in [-0.05, 0) is 22.0 Å². The van der Waals surface area contributed by atoms with Crippen molar-refractivity contribution in [1.82, 2.24) is 9.97 Å². The van der Waals surface area contributed by atoms with Crippen molar-refractivity contribution in [2.75, 3.05) is 5.32 Å². The fourth-order valence-electron chi connectivity index (χ4n) is 1.06. The van der Waals surface area contributed by atoms with E-state index in [0.29, 0.717) is 17.4 Å². The van der Waals surface area contributed by atoms with Crippen molar-refractivity contribution in [3.8, 4) is 0 Å². The second-order valence-corrected chi connectivity index (χ2v) is 5.12. The number of hydrogen-bond donors (Lipinski definition) is 1. The Kier molecular flexibility index (Phi) is 3.56. The van der Waals surface area contributed by atoms with E-state index in [4.69, 9.17) is 11.6 Å². The van der Waals surface area contributed by atoms with E-state index in [1.807, 2.05) is 5.38 Å². The fraction of sp³-hybridized carbons (Fsp3) is 0.111. The molecule has 0 aliphatic heterocycles. The summed E-state index contributed by atoms with van der Waals surface area (Å²) in [6.45, 7) is 0.715. The van der Waals surface area contributed by atoms with Gasteiger partial charge in [0.2, 0.25) is 0 Å². The molecular weight excluding hydrogens is 298 g/mol. The predicted molar refractivity (Wildman–Crippen MR) is 66.4 cm³/mol. The molecule has 6 heteroatoms. The molecule has 0 atom stereocenters. The van der Waals surface area contributed by atoms with Gasteiger partial charge < -0.3 is 5.32 Å². The van der Waals surface area contributed by atoms with E-state index >= 15 is 0 Å². The monoisotopic (exact) mass is 303 g/mol. The van der Waals surface area contributed by atoms with Crippen molar-refractivity contribution in [2.24, 2.45) is 0 Å². The van der Waals surface area contributed by atoms with Crippen molar-refractivity contribution < 1.29 is 0 Å². The lowest BCUT2D eigenvalue weighted by molar-refractivity contribution is 1.10. The van der Waals surface area contributed by atoms with Crippen LogP contribution in [0.1, 0.15) is 4.88 Å². The minimum absolute atomic E-state index is 0.535. The Morgan fingerprint density at radius 1 is 1.53 bits per heavy atom. The molecule has 0 aromatic carbocycles. The fourth-order valence-corrected chi connectivity index (χ4v) is 2.62. The smallest absolute Gasteiger partial charge is 0.148 e. The van der Waals surface area contributed by atoms with Crippen LogP contribution < -0.4 is 5.32 Å². The Morgan fingerprint density at radius 3 is 3.07 bits per heavy atom. The van der Waals surface area contributed by atoms with E-state index < -0.39 is 0 Å². The number of anilines is 1. The molecule has 78 valence electrons. The topological polar surface area (TPSA) is 37.8 Å². The first-order valence-corrected chi connectivity index (χ1v) is 6.23. The van der Waals surface area contributed by atoms with Crippen LogP contribution in [0.15, 0.2) is 28.4 Å². The van der Waals surface area contributed by atoms with Crippen LogP contribution in [0.25, 0.3) is 0 Å². The predicted octanol–water partition coefficient (Wildman–Crippen LogP) is 3.57. The van der Waals surface area contributed by atoms with Gasteiger partial charge in [-0.15, -0.1) is 11.3 Å². The molecule has 2 heterocycles. The molecule has 15 heavy (non-hydrogen) atoms. The molecule has 1 N–H and O–H groups in total. The van der Waals surface area contributed by atoms with E-state index in [0.717, 1.165) is 4.47 Å². The highest BCUT2D eigenvalue weighted by molar-refractivity contribution is 9.10. The maximum Gasteiger partial charge on any atom is 0.148 e. The zero-order chi connectivity index (χ0) is 10.7. The SMILES string of the molecule is Clc1cncnc1NCc1cc(Br)cs1. The third-order valence-electron chi connectivity index (χ3n) is 1.72. The molecule has 2 aromatic rings. The van der Waals surface area contributed by atoms with Crippen LogP contribution in [-0.2, 0) is 6.54 Å². The first-order valence-electron chi connectivity index (χ1n) is 4.18. The third-order valence-corrected chi connectivity index (χ3v) is 3.69. The average molecular weight is 305 g/mol. The van der Waals surface area contributed by atoms with Crippen LogP contribution >= 0.6 is 38.9 Å². The third kappa shape index (κ3) is 2.90. The molecule has 3 nitrogen and oxygen atoms in total. The number of nitrogens with one attached hydrogen (secondary N) is 1. The molecule has 0 aliphatic rings. The normalized spacial score (nSPS) is 10.3. The Bertz CT molecular complexity index is 460. The number of rotatable bonds is 3. The van der Waals surface area contributed by atoms with Crippen molar-refractivity contribution in [2.45, 2.75) is 6.54 Å². The quantitative estimate of drug-likeness (QED) is 0.942. The maximum atomic E-state index is 5.90. The summed E-state index contributed by atoms with van der Waals surface area (Å²) in [5.74, 6) is 0.663. The van der Waals surface area contributed by atoms with Crippen LogP contribution in [0.3, 0.4) is 0 Å². The van der Waals surface area contributed by atoms with Crippen molar-refractivity contribution in [3.05, 3.63) is 38.3 Å². The van der Waals surface area contributed by atoms with Crippen molar-refractivity contribution >= 4 is 44.7 Å². The van der Waals surface area contributed by atoms with Crippen LogP contribution in [0, 0.1) is 0 Å². The molecule has 0 spiro atoms. The summed E-state index contributed by atoms with van der Waals surface area (Å²) in [5.41, 5.74) is 0. The molecule has 0 saturated carbocycles. The summed E-state index contributed by atoms with van der Waals surface area (Å²) in [4.78, 5) is 9.07. The number of aromatic nitrogens is 2. The summed E-state index contributed by atoms with van der Waals surface area (Å²) in [5, 5.41) is 5.72. The highest BCUT2D eigenvalue weighted by Crippen LogP contribution is 2.22. The van der Waals surface area contributed by atoms with E-state index in [1.165, 1.54) is 11.2 Å². The molecule has 0 bridgehead atoms. The Balaban J connectivity index is 2.02. The van der Waals surface area contributed by atoms with Gasteiger partial charge in [0.05, 0.1) is 12.7 Å². The Morgan fingerprint density at radius 2 is 2.40 bits per heavy atom. The van der Waals surface area contributed by atoms with Gasteiger partial charge in [-0.1, -0.05) is 11.6 Å². The molecule has 0 aliphatic carbocycles. The van der Waals surface area contributed by atoms with Crippen LogP contribution in [0.2, 0.25) is 5.02 Å². The molecule has 0 radical (unpaired) electrons. The van der Waals surface area contributed by atoms with Crippen molar-refractivity contribution in [1.29, 1.82) is 0 Å². The first kappa shape index (κ1) is 10.9. The van der Waals surface area contributed by atoms with Gasteiger partial charge >= 0.3 is 0 Å². The van der Waals surface area contributed by atoms with E-state index in [1.54, 1.807) is 17.5 Å². The zero-order valence-electron chi connectivity index (χ0n) is 7.58. The molecule has 0 fully saturated rings. The standard InChI is InChI=1S/C9H7BrClN3S/c10-6-1-7(15-4-6)2-13-9-8(11)3-12-5-14-9/h1,3-5H,2H2,(H,12,13,14). The van der Waals surface area contributed by atoms with E-state index in [-0.39, 0.29) is 0 Å². The average Bonchev–Trinajstić information content (AvgIpc) is 2.63. The molecule has 0 saturated heterocycles. The van der Waals surface area contributed by atoms with Gasteiger partial charge in [-0.3, -0.25) is 0 Å². The van der Waals surface area contributed by atoms with Crippen LogP contribution in [0.4, 0.5) is 5.82 Å². The highest BCUT2D eigenvalue weighted by Gasteiger charge is 2.02. The zero-order valence-corrected chi connectivity index (χ0v) is 10.7. The number of nitrogens with zero attached hydrogens (tertiary/aromatic N) is 2. The molecule has 0 unspecified atom stereocenters. The molecular formula is C9H7BrClN3S. The maximum absolute atomic E-state index is 5.90. The molecule has 2 aromatic heterocycles. The Hall–Kier alpha value is -0.650. The highest BCUT2D eigenvalue weighted by atomic mass is 79.9. The van der Waals surface area contributed by atoms with Gasteiger partial charge in [-0.2, -0.15) is 0 Å². The number of thiophene rings is 1. The minimum atomic E-state index is 0.535. The first-order chi connectivity index (χ1) is 7.25. The van der Waals surface area contributed by atoms with Gasteiger partial charge in [0.1, 0.15) is 17.2 Å². The lowest BCUT2D eigenvalue weighted by Crippen LogP contribution is -2.00. The number of hydrogen-bond acceptors (Lipinski definition) is 4. The largest absolute Gasteiger partial charge is 0.364 e. The Labute approximate surface area is 105 Å². The van der Waals surface area contributed by atoms with Gasteiger partial charge in [0.15, 0.2) is 0 Å². The van der Waals surface area contributed by atoms with Crippen molar-refractivity contribution in [3.63, 3.8) is 0 Å². The summed E-state index contributed by atoms with van der Waals surface area (Å²) < 4.78 is 1.10. The van der Waals surface area contributed by atoms with Gasteiger partial charge in [0.25, 0.3) is 0 Å². The lowest BCUT2D eigenvalue weighted by atomic mass is 10.4. The van der Waals surface area contributed by atoms with Crippen LogP contribution in [0.5, 0.6) is 0 Å². The van der Waals surface area contributed by atoms with E-state index in [2.05, 4.69) is 37.3 Å². The van der Waals surface area contributed by atoms with E-state index in [9.17, 15) is 0 Å². The summed E-state index contributed by atoms with van der Waals surface area (Å²) in [7, 11) is 0. The number of halogens is 2. The molecule has 0 amide bonds. The second-order valence-electron chi connectivity index (χ2n) is 2.80. The van der Waals surface area contributed by atoms with Crippen LogP contribution in [-0.4, -0.2) is 9.97 Å². The summed E-state index contributed by atoms with van der Waals surface area (Å²) in [6.07, 6.45) is 3.04. The second kappa shape index (κ2) is 4.92. The summed E-state index contributed by atoms with van der Waals surface area (Å²) >= 11 is 11.0. The molecule has 2 rings (SSSR count). The van der Waals surface area contributed by atoms with Gasteiger partial charge in [0, 0.05) is 14.7 Å². The minimum Gasteiger partial charge on any atom is -0.364 e.